The molecule has 2 aromatic carbocycles. The molecule has 2 unspecified atom stereocenters. The number of imidazole rings is 1. The van der Waals surface area contributed by atoms with Crippen molar-refractivity contribution in [2.45, 2.75) is 62.6 Å². The summed E-state index contributed by atoms with van der Waals surface area (Å²) in [6.07, 6.45) is 8.83. The lowest BCUT2D eigenvalue weighted by Crippen LogP contribution is -2.50. The van der Waals surface area contributed by atoms with E-state index in [0.29, 0.717) is 32.1 Å². The average Bonchev–Trinajstić information content (AvgIpc) is 3.61. The van der Waals surface area contributed by atoms with Gasteiger partial charge in [-0.05, 0) is 49.3 Å². The zero-order valence-electron chi connectivity index (χ0n) is 24.9. The van der Waals surface area contributed by atoms with E-state index in [2.05, 4.69) is 42.3 Å². The fourth-order valence-corrected chi connectivity index (χ4v) is 7.88. The summed E-state index contributed by atoms with van der Waals surface area (Å²) < 4.78 is 1.98. The van der Waals surface area contributed by atoms with Crippen LogP contribution in [0.15, 0.2) is 67.3 Å². The molecule has 3 aliphatic heterocycles. The second kappa shape index (κ2) is 12.8. The monoisotopic (exact) mass is 602 g/mol. The number of rotatable bonds is 8. The highest BCUT2D eigenvalue weighted by atomic mass is 32.2. The number of likely N-dealkylation sites (tertiary alicyclic amines) is 1. The highest BCUT2D eigenvalue weighted by Gasteiger charge is 2.43. The standard InChI is InChI=1S/C33H40N6O3S.H2/c1-23(2)11-18-39-31(41)29(43-32(39)26-8-4-6-10-28(26)37-20-15-34-22-37)21-30(40)36-16-13-25(14-17-36)38-19-12-24-7-3-5-9-27(24)35-33(38)42;/h3-10,15,20,22-23,25,29,32H,11-14,16-19,21H2,1-2H3,(H,35,42);1H. The maximum absolute atomic E-state index is 13.8. The van der Waals surface area contributed by atoms with Gasteiger partial charge in [0.05, 0.1) is 17.3 Å². The van der Waals surface area contributed by atoms with Crippen molar-refractivity contribution < 1.29 is 15.8 Å². The highest BCUT2D eigenvalue weighted by molar-refractivity contribution is 8.01. The van der Waals surface area contributed by atoms with E-state index in [1.807, 2.05) is 55.8 Å². The van der Waals surface area contributed by atoms with E-state index in [1.165, 1.54) is 0 Å². The number of fused-ring (bicyclic) bond motifs is 1. The van der Waals surface area contributed by atoms with Crippen LogP contribution in [0.2, 0.25) is 0 Å². The van der Waals surface area contributed by atoms with Gasteiger partial charge in [0.25, 0.3) is 0 Å². The molecule has 2 fully saturated rings. The molecule has 0 spiro atoms. The fraction of sp³-hybridized carbons (Fsp3) is 0.455. The molecule has 1 N–H and O–H groups in total. The summed E-state index contributed by atoms with van der Waals surface area (Å²) >= 11 is 1.59. The molecule has 228 valence electrons. The minimum atomic E-state index is -0.423. The maximum Gasteiger partial charge on any atom is 0.322 e. The number of amides is 4. The van der Waals surface area contributed by atoms with Crippen LogP contribution in [0.1, 0.15) is 57.5 Å². The van der Waals surface area contributed by atoms with Crippen LogP contribution >= 0.6 is 11.8 Å². The van der Waals surface area contributed by atoms with Gasteiger partial charge >= 0.3 is 6.03 Å². The first-order valence-corrected chi connectivity index (χ1v) is 16.3. The van der Waals surface area contributed by atoms with E-state index in [0.717, 1.165) is 48.2 Å². The number of nitrogens with one attached hydrogen (secondary N) is 1. The SMILES string of the molecule is CC(C)CCN1C(=O)C(CC(=O)N2CCC(N3CCc4ccccc4NC3=O)CC2)SC1c1ccccc1-n1ccnc1.[HH]. The number of urea groups is 1. The van der Waals surface area contributed by atoms with Gasteiger partial charge in [0, 0.05) is 63.7 Å². The van der Waals surface area contributed by atoms with Gasteiger partial charge in [-0.3, -0.25) is 9.59 Å². The molecule has 10 heteroatoms. The van der Waals surface area contributed by atoms with Crippen LogP contribution in [0.5, 0.6) is 0 Å². The molecule has 0 bridgehead atoms. The third-order valence-electron chi connectivity index (χ3n) is 8.83. The largest absolute Gasteiger partial charge is 0.342 e. The van der Waals surface area contributed by atoms with Crippen LogP contribution in [-0.2, 0) is 16.0 Å². The minimum Gasteiger partial charge on any atom is -0.342 e. The Morgan fingerprint density at radius 2 is 1.84 bits per heavy atom. The fourth-order valence-electron chi connectivity index (χ4n) is 6.37. The van der Waals surface area contributed by atoms with Gasteiger partial charge in [-0.2, -0.15) is 0 Å². The second-order valence-corrected chi connectivity index (χ2v) is 13.4. The molecule has 1 aromatic heterocycles. The molecule has 2 saturated heterocycles. The number of thioether (sulfide) groups is 1. The van der Waals surface area contributed by atoms with E-state index in [4.69, 9.17) is 0 Å². The Morgan fingerprint density at radius 3 is 2.60 bits per heavy atom. The van der Waals surface area contributed by atoms with Crippen molar-refractivity contribution in [2.24, 2.45) is 5.92 Å². The van der Waals surface area contributed by atoms with E-state index < -0.39 is 5.25 Å². The number of anilines is 1. The van der Waals surface area contributed by atoms with Crippen LogP contribution in [0.25, 0.3) is 5.69 Å². The maximum atomic E-state index is 13.8. The van der Waals surface area contributed by atoms with Crippen molar-refractivity contribution in [3.63, 3.8) is 0 Å². The summed E-state index contributed by atoms with van der Waals surface area (Å²) in [4.78, 5) is 50.4. The Morgan fingerprint density at radius 1 is 1.07 bits per heavy atom. The van der Waals surface area contributed by atoms with Gasteiger partial charge in [0.1, 0.15) is 5.37 Å². The number of hydrogen-bond donors (Lipinski definition) is 1. The van der Waals surface area contributed by atoms with Crippen LogP contribution in [0.3, 0.4) is 0 Å². The number of hydrogen-bond acceptors (Lipinski definition) is 5. The van der Waals surface area contributed by atoms with E-state index in [1.54, 1.807) is 24.3 Å². The Bertz CT molecular complexity index is 1460. The van der Waals surface area contributed by atoms with Gasteiger partial charge in [0.2, 0.25) is 11.8 Å². The molecule has 9 nitrogen and oxygen atoms in total. The number of para-hydroxylation sites is 2. The summed E-state index contributed by atoms with van der Waals surface area (Å²) in [6, 6.07) is 16.1. The lowest BCUT2D eigenvalue weighted by atomic mass is 10.0. The van der Waals surface area contributed by atoms with Crippen molar-refractivity contribution in [2.75, 3.05) is 31.5 Å². The predicted octanol–water partition coefficient (Wildman–Crippen LogP) is 5.58. The molecule has 0 aliphatic carbocycles. The van der Waals surface area contributed by atoms with Crippen molar-refractivity contribution in [1.82, 2.24) is 24.3 Å². The molecule has 3 aromatic rings. The Labute approximate surface area is 259 Å². The third-order valence-corrected chi connectivity index (χ3v) is 10.3. The minimum absolute atomic E-state index is 0. The summed E-state index contributed by atoms with van der Waals surface area (Å²) in [5.74, 6) is 0.522. The lowest BCUT2D eigenvalue weighted by Gasteiger charge is -2.38. The van der Waals surface area contributed by atoms with Crippen molar-refractivity contribution >= 4 is 35.3 Å². The Kier molecular flexibility index (Phi) is 8.74. The predicted molar refractivity (Wildman–Crippen MR) is 171 cm³/mol. The van der Waals surface area contributed by atoms with Gasteiger partial charge in [-0.15, -0.1) is 11.8 Å². The molecule has 0 radical (unpaired) electrons. The lowest BCUT2D eigenvalue weighted by molar-refractivity contribution is -0.136. The van der Waals surface area contributed by atoms with Gasteiger partial charge in [-0.1, -0.05) is 50.2 Å². The van der Waals surface area contributed by atoms with Gasteiger partial charge in [0.15, 0.2) is 0 Å². The van der Waals surface area contributed by atoms with Crippen molar-refractivity contribution in [1.29, 1.82) is 0 Å². The first-order chi connectivity index (χ1) is 20.9. The number of carbonyl (C=O) groups is 3. The molecule has 4 amide bonds. The Balaban J connectivity index is 0.00000384. The molecular formula is C33H42N6O3S. The smallest absolute Gasteiger partial charge is 0.322 e. The number of piperidine rings is 1. The van der Waals surface area contributed by atoms with Crippen LogP contribution in [0.4, 0.5) is 10.5 Å². The summed E-state index contributed by atoms with van der Waals surface area (Å²) in [6.45, 7) is 6.85. The molecule has 0 saturated carbocycles. The zero-order valence-corrected chi connectivity index (χ0v) is 25.7. The normalized spacial score (nSPS) is 21.2. The van der Waals surface area contributed by atoms with E-state index >= 15 is 0 Å². The zero-order chi connectivity index (χ0) is 29.9. The molecule has 43 heavy (non-hydrogen) atoms. The molecule has 3 aliphatic rings. The third kappa shape index (κ3) is 6.30. The average molecular weight is 603 g/mol. The number of nitrogens with zero attached hydrogens (tertiary/aromatic N) is 5. The molecular weight excluding hydrogens is 560 g/mol. The first-order valence-electron chi connectivity index (χ1n) is 15.4. The van der Waals surface area contributed by atoms with Crippen LogP contribution in [-0.4, -0.2) is 79.6 Å². The highest BCUT2D eigenvalue weighted by Crippen LogP contribution is 2.46. The molecule has 4 heterocycles. The van der Waals surface area contributed by atoms with Crippen molar-refractivity contribution in [3.05, 3.63) is 78.4 Å². The summed E-state index contributed by atoms with van der Waals surface area (Å²) in [7, 11) is 0. The van der Waals surface area contributed by atoms with E-state index in [9.17, 15) is 14.4 Å². The number of benzene rings is 2. The van der Waals surface area contributed by atoms with Crippen molar-refractivity contribution in [3.8, 4) is 5.69 Å². The second-order valence-electron chi connectivity index (χ2n) is 12.1. The number of aromatic nitrogens is 2. The topological polar surface area (TPSA) is 90.8 Å². The molecule has 2 atom stereocenters. The van der Waals surface area contributed by atoms with Crippen LogP contribution in [0, 0.1) is 5.92 Å². The van der Waals surface area contributed by atoms with Gasteiger partial charge in [-0.25, -0.2) is 9.78 Å². The quantitative estimate of drug-likeness (QED) is 0.364. The first kappa shape index (κ1) is 29.3. The molecule has 6 rings (SSSR count). The van der Waals surface area contributed by atoms with Crippen LogP contribution < -0.4 is 5.32 Å². The number of carbonyl (C=O) groups excluding carboxylic acids is 3. The summed E-state index contributed by atoms with van der Waals surface area (Å²) in [5.41, 5.74) is 4.08. The summed E-state index contributed by atoms with van der Waals surface area (Å²) in [5, 5.41) is 2.47. The Hall–Kier alpha value is -3.79. The van der Waals surface area contributed by atoms with E-state index in [-0.39, 0.29) is 37.1 Å². The van der Waals surface area contributed by atoms with Gasteiger partial charge < -0.3 is 24.6 Å².